The summed E-state index contributed by atoms with van der Waals surface area (Å²) in [5, 5.41) is 7.29. The van der Waals surface area contributed by atoms with Crippen LogP contribution in [0.2, 0.25) is 0 Å². The van der Waals surface area contributed by atoms with Gasteiger partial charge in [0.05, 0.1) is 11.4 Å². The maximum Gasteiger partial charge on any atom is 0.319 e. The molecule has 4 heteroatoms. The summed E-state index contributed by atoms with van der Waals surface area (Å²) in [5.41, 5.74) is 5.10. The molecule has 0 unspecified atom stereocenters. The molecule has 1 aromatic heterocycles. The number of nitrogens with one attached hydrogen (secondary N) is 3. The quantitative estimate of drug-likeness (QED) is 0.568. The van der Waals surface area contributed by atoms with Crippen LogP contribution in [0.1, 0.15) is 37.7 Å². The Morgan fingerprint density at radius 3 is 2.50 bits per heavy atom. The smallest absolute Gasteiger partial charge is 0.319 e. The highest BCUT2D eigenvalue weighted by Gasteiger charge is 2.19. The van der Waals surface area contributed by atoms with Gasteiger partial charge in [0.1, 0.15) is 0 Å². The lowest BCUT2D eigenvalue weighted by Crippen LogP contribution is -2.39. The number of carbonyl (C=O) groups is 1. The Labute approximate surface area is 154 Å². The van der Waals surface area contributed by atoms with Gasteiger partial charge in [0.2, 0.25) is 0 Å². The Morgan fingerprint density at radius 1 is 1.00 bits per heavy atom. The molecule has 0 aliphatic heterocycles. The van der Waals surface area contributed by atoms with E-state index < -0.39 is 0 Å². The fraction of sp³-hybridized carbons (Fsp3) is 0.318. The van der Waals surface area contributed by atoms with Gasteiger partial charge < -0.3 is 15.6 Å². The van der Waals surface area contributed by atoms with Crippen LogP contribution in [-0.2, 0) is 0 Å². The van der Waals surface area contributed by atoms with Crippen LogP contribution in [0.4, 0.5) is 10.5 Å². The molecule has 4 nitrogen and oxygen atoms in total. The molecular weight excluding hydrogens is 322 g/mol. The molecule has 1 aliphatic rings. The highest BCUT2D eigenvalue weighted by molar-refractivity contribution is 6.07. The summed E-state index contributed by atoms with van der Waals surface area (Å²) in [7, 11) is 0. The van der Waals surface area contributed by atoms with E-state index in [-0.39, 0.29) is 12.1 Å². The number of anilines is 1. The molecule has 1 heterocycles. The lowest BCUT2D eigenvalue weighted by Gasteiger charge is -2.23. The van der Waals surface area contributed by atoms with Gasteiger partial charge in [-0.25, -0.2) is 4.79 Å². The number of carbonyl (C=O) groups excluding carboxylic acids is 1. The van der Waals surface area contributed by atoms with Crippen molar-refractivity contribution in [2.45, 2.75) is 45.1 Å². The molecule has 1 aliphatic carbocycles. The molecule has 0 atom stereocenters. The summed E-state index contributed by atoms with van der Waals surface area (Å²) in [4.78, 5) is 16.1. The van der Waals surface area contributed by atoms with E-state index in [1.54, 1.807) is 0 Å². The number of rotatable bonds is 3. The predicted molar refractivity (Wildman–Crippen MR) is 107 cm³/mol. The van der Waals surface area contributed by atoms with Crippen LogP contribution in [0.5, 0.6) is 0 Å². The Bertz CT molecular complexity index is 905. The average molecular weight is 347 g/mol. The summed E-state index contributed by atoms with van der Waals surface area (Å²) < 4.78 is 0. The summed E-state index contributed by atoms with van der Waals surface area (Å²) in [5.74, 6) is 0. The molecule has 26 heavy (non-hydrogen) atoms. The topological polar surface area (TPSA) is 56.9 Å². The molecule has 0 bridgehead atoms. The lowest BCUT2D eigenvalue weighted by atomic mass is 9.96. The maximum atomic E-state index is 12.6. The number of amides is 2. The molecule has 3 aromatic rings. The van der Waals surface area contributed by atoms with Crippen molar-refractivity contribution < 1.29 is 4.79 Å². The minimum atomic E-state index is -0.116. The van der Waals surface area contributed by atoms with Crippen LogP contribution >= 0.6 is 0 Å². The van der Waals surface area contributed by atoms with Crippen molar-refractivity contribution in [3.8, 4) is 11.3 Å². The van der Waals surface area contributed by atoms with Crippen molar-refractivity contribution >= 4 is 22.6 Å². The standard InChI is InChI=1S/C22H25N3O/c1-15-11-13-16(14-12-15)20-21(18-9-5-6-10-19(18)24-20)25-22(26)23-17-7-3-2-4-8-17/h5-6,9-14,17,24H,2-4,7-8H2,1H3,(H2,23,25,26). The lowest BCUT2D eigenvalue weighted by molar-refractivity contribution is 0.244. The second-order valence-electron chi connectivity index (χ2n) is 7.22. The van der Waals surface area contributed by atoms with Crippen LogP contribution < -0.4 is 10.6 Å². The highest BCUT2D eigenvalue weighted by Crippen LogP contribution is 2.35. The van der Waals surface area contributed by atoms with Gasteiger partial charge in [-0.2, -0.15) is 0 Å². The molecule has 4 rings (SSSR count). The van der Waals surface area contributed by atoms with Crippen molar-refractivity contribution in [2.24, 2.45) is 0 Å². The molecule has 0 spiro atoms. The number of fused-ring (bicyclic) bond motifs is 1. The summed E-state index contributed by atoms with van der Waals surface area (Å²) in [6.07, 6.45) is 5.83. The number of aromatic nitrogens is 1. The summed E-state index contributed by atoms with van der Waals surface area (Å²) in [6, 6.07) is 16.6. The number of aromatic amines is 1. The fourth-order valence-corrected chi connectivity index (χ4v) is 3.79. The summed E-state index contributed by atoms with van der Waals surface area (Å²) >= 11 is 0. The van der Waals surface area contributed by atoms with E-state index in [4.69, 9.17) is 0 Å². The minimum Gasteiger partial charge on any atom is -0.353 e. The minimum absolute atomic E-state index is 0.116. The van der Waals surface area contributed by atoms with E-state index in [0.717, 1.165) is 40.7 Å². The highest BCUT2D eigenvalue weighted by atomic mass is 16.2. The average Bonchev–Trinajstić information content (AvgIpc) is 3.02. The monoisotopic (exact) mass is 347 g/mol. The molecule has 134 valence electrons. The van der Waals surface area contributed by atoms with Gasteiger partial charge in [0.25, 0.3) is 0 Å². The van der Waals surface area contributed by atoms with Gasteiger partial charge >= 0.3 is 6.03 Å². The van der Waals surface area contributed by atoms with Crippen LogP contribution in [-0.4, -0.2) is 17.1 Å². The van der Waals surface area contributed by atoms with Gasteiger partial charge in [-0.05, 0) is 25.8 Å². The molecule has 3 N–H and O–H groups in total. The first-order valence-corrected chi connectivity index (χ1v) is 9.46. The van der Waals surface area contributed by atoms with E-state index >= 15 is 0 Å². The van der Waals surface area contributed by atoms with Crippen LogP contribution in [0, 0.1) is 6.92 Å². The third kappa shape index (κ3) is 3.45. The number of urea groups is 1. The molecule has 0 radical (unpaired) electrons. The van der Waals surface area contributed by atoms with E-state index in [2.05, 4.69) is 46.8 Å². The molecular formula is C22H25N3O. The zero-order chi connectivity index (χ0) is 17.9. The fourth-order valence-electron chi connectivity index (χ4n) is 3.79. The first-order chi connectivity index (χ1) is 12.7. The molecule has 2 amide bonds. The third-order valence-corrected chi connectivity index (χ3v) is 5.23. The van der Waals surface area contributed by atoms with E-state index in [1.807, 2.05) is 24.3 Å². The largest absolute Gasteiger partial charge is 0.353 e. The van der Waals surface area contributed by atoms with Crippen LogP contribution in [0.15, 0.2) is 48.5 Å². The molecule has 2 aromatic carbocycles. The van der Waals surface area contributed by atoms with Crippen molar-refractivity contribution in [2.75, 3.05) is 5.32 Å². The van der Waals surface area contributed by atoms with E-state index in [0.29, 0.717) is 0 Å². The van der Waals surface area contributed by atoms with Crippen molar-refractivity contribution in [1.82, 2.24) is 10.3 Å². The number of aryl methyl sites for hydroxylation is 1. The first kappa shape index (κ1) is 16.7. The van der Waals surface area contributed by atoms with Crippen LogP contribution in [0.3, 0.4) is 0 Å². The van der Waals surface area contributed by atoms with Crippen molar-refractivity contribution in [3.05, 3.63) is 54.1 Å². The SMILES string of the molecule is Cc1ccc(-c2[nH]c3ccccc3c2NC(=O)NC2CCCCC2)cc1. The number of H-pyrrole nitrogens is 1. The van der Waals surface area contributed by atoms with Gasteiger partial charge in [0, 0.05) is 22.5 Å². The van der Waals surface area contributed by atoms with Gasteiger partial charge in [-0.15, -0.1) is 0 Å². The molecule has 1 saturated carbocycles. The second-order valence-corrected chi connectivity index (χ2v) is 7.22. The third-order valence-electron chi connectivity index (χ3n) is 5.23. The number of para-hydroxylation sites is 1. The van der Waals surface area contributed by atoms with Gasteiger partial charge in [-0.3, -0.25) is 0 Å². The molecule has 0 saturated heterocycles. The van der Waals surface area contributed by atoms with E-state index in [1.165, 1.54) is 24.8 Å². The van der Waals surface area contributed by atoms with Crippen LogP contribution in [0.25, 0.3) is 22.2 Å². The Balaban J connectivity index is 1.65. The second kappa shape index (κ2) is 7.24. The number of benzene rings is 2. The Kier molecular flexibility index (Phi) is 4.65. The summed E-state index contributed by atoms with van der Waals surface area (Å²) in [6.45, 7) is 2.08. The first-order valence-electron chi connectivity index (χ1n) is 9.46. The zero-order valence-electron chi connectivity index (χ0n) is 15.1. The number of hydrogen-bond donors (Lipinski definition) is 3. The van der Waals surface area contributed by atoms with Gasteiger partial charge in [-0.1, -0.05) is 67.3 Å². The van der Waals surface area contributed by atoms with E-state index in [9.17, 15) is 4.79 Å². The normalized spacial score (nSPS) is 15.1. The maximum absolute atomic E-state index is 12.6. The number of hydrogen-bond acceptors (Lipinski definition) is 1. The van der Waals surface area contributed by atoms with Crippen molar-refractivity contribution in [3.63, 3.8) is 0 Å². The van der Waals surface area contributed by atoms with Gasteiger partial charge in [0.15, 0.2) is 0 Å². The molecule has 1 fully saturated rings. The Morgan fingerprint density at radius 2 is 1.73 bits per heavy atom. The Hall–Kier alpha value is -2.75. The predicted octanol–water partition coefficient (Wildman–Crippen LogP) is 5.60. The zero-order valence-corrected chi connectivity index (χ0v) is 15.1. The van der Waals surface area contributed by atoms with Crippen molar-refractivity contribution in [1.29, 1.82) is 0 Å².